The smallest absolute Gasteiger partial charge is 0.166 e. The topological polar surface area (TPSA) is 35.2 Å². The fourth-order valence-corrected chi connectivity index (χ4v) is 2.22. The van der Waals surface area contributed by atoms with Crippen LogP contribution in [0, 0.1) is 12.7 Å². The lowest BCUT2D eigenvalue weighted by Gasteiger charge is -2.11. The molecule has 0 saturated heterocycles. The highest BCUT2D eigenvalue weighted by molar-refractivity contribution is 9.10. The van der Waals surface area contributed by atoms with Crippen LogP contribution in [0.1, 0.15) is 16.7 Å². The Morgan fingerprint density at radius 1 is 1.30 bits per heavy atom. The van der Waals surface area contributed by atoms with Gasteiger partial charge < -0.3 is 10.5 Å². The second-order valence-electron chi connectivity index (χ2n) is 4.37. The molecule has 104 valence electrons. The van der Waals surface area contributed by atoms with E-state index in [0.29, 0.717) is 16.1 Å². The Morgan fingerprint density at radius 2 is 2.05 bits per heavy atom. The first kappa shape index (κ1) is 14.9. The summed E-state index contributed by atoms with van der Waals surface area (Å²) in [5, 5.41) is 0. The van der Waals surface area contributed by atoms with Crippen LogP contribution >= 0.6 is 28.1 Å². The molecule has 0 spiro atoms. The maximum absolute atomic E-state index is 13.6. The zero-order valence-corrected chi connectivity index (χ0v) is 13.2. The van der Waals surface area contributed by atoms with Gasteiger partial charge in [-0.2, -0.15) is 0 Å². The van der Waals surface area contributed by atoms with Crippen LogP contribution in [0.25, 0.3) is 0 Å². The molecule has 0 bridgehead atoms. The van der Waals surface area contributed by atoms with Crippen LogP contribution in [-0.2, 0) is 6.61 Å². The van der Waals surface area contributed by atoms with Gasteiger partial charge in [0.05, 0.1) is 0 Å². The zero-order chi connectivity index (χ0) is 14.7. The van der Waals surface area contributed by atoms with Crippen molar-refractivity contribution in [3.8, 4) is 5.75 Å². The van der Waals surface area contributed by atoms with Gasteiger partial charge >= 0.3 is 0 Å². The lowest BCUT2D eigenvalue weighted by molar-refractivity contribution is 0.289. The van der Waals surface area contributed by atoms with E-state index in [2.05, 4.69) is 15.9 Å². The molecule has 0 aliphatic rings. The second kappa shape index (κ2) is 6.33. The van der Waals surface area contributed by atoms with Gasteiger partial charge in [0.15, 0.2) is 11.6 Å². The van der Waals surface area contributed by atoms with Crippen LogP contribution in [0.4, 0.5) is 4.39 Å². The van der Waals surface area contributed by atoms with Gasteiger partial charge in [-0.25, -0.2) is 4.39 Å². The molecule has 2 nitrogen and oxygen atoms in total. The van der Waals surface area contributed by atoms with E-state index >= 15 is 0 Å². The molecule has 5 heteroatoms. The van der Waals surface area contributed by atoms with Crippen LogP contribution in [0.2, 0.25) is 0 Å². The third-order valence-corrected chi connectivity index (χ3v) is 3.63. The van der Waals surface area contributed by atoms with Gasteiger partial charge in [-0.1, -0.05) is 40.3 Å². The van der Waals surface area contributed by atoms with Crippen molar-refractivity contribution in [2.45, 2.75) is 13.5 Å². The summed E-state index contributed by atoms with van der Waals surface area (Å²) in [6.45, 7) is 2.24. The van der Waals surface area contributed by atoms with Crippen molar-refractivity contribution in [3.05, 3.63) is 63.4 Å². The van der Waals surface area contributed by atoms with E-state index in [1.165, 1.54) is 6.07 Å². The number of benzene rings is 2. The van der Waals surface area contributed by atoms with Crippen LogP contribution in [0.3, 0.4) is 0 Å². The first-order chi connectivity index (χ1) is 9.47. The summed E-state index contributed by atoms with van der Waals surface area (Å²) in [6, 6.07) is 10.3. The van der Waals surface area contributed by atoms with Crippen molar-refractivity contribution in [2.75, 3.05) is 0 Å². The summed E-state index contributed by atoms with van der Waals surface area (Å²) < 4.78 is 19.8. The van der Waals surface area contributed by atoms with Crippen molar-refractivity contribution in [3.63, 3.8) is 0 Å². The fraction of sp³-hybridized carbons (Fsp3) is 0.133. The van der Waals surface area contributed by atoms with Crippen molar-refractivity contribution >= 4 is 33.1 Å². The van der Waals surface area contributed by atoms with E-state index in [1.807, 2.05) is 25.1 Å². The van der Waals surface area contributed by atoms with E-state index in [1.54, 1.807) is 12.1 Å². The molecule has 0 aromatic heterocycles. The molecule has 0 saturated carbocycles. The summed E-state index contributed by atoms with van der Waals surface area (Å²) in [5.41, 5.74) is 8.37. The third-order valence-electron chi connectivity index (χ3n) is 2.90. The summed E-state index contributed by atoms with van der Waals surface area (Å²) in [4.78, 5) is 0.361. The first-order valence-corrected chi connectivity index (χ1v) is 7.14. The van der Waals surface area contributed by atoms with Crippen molar-refractivity contribution in [1.82, 2.24) is 0 Å². The van der Waals surface area contributed by atoms with Gasteiger partial charge in [0.1, 0.15) is 11.6 Å². The Labute approximate surface area is 130 Å². The number of hydrogen-bond donors (Lipinski definition) is 1. The quantitative estimate of drug-likeness (QED) is 0.840. The average Bonchev–Trinajstić information content (AvgIpc) is 2.38. The minimum absolute atomic E-state index is 0.228. The maximum atomic E-state index is 13.6. The molecule has 0 amide bonds. The van der Waals surface area contributed by atoms with Crippen LogP contribution in [-0.4, -0.2) is 4.99 Å². The highest BCUT2D eigenvalue weighted by Crippen LogP contribution is 2.23. The fourth-order valence-electron chi connectivity index (χ4n) is 1.76. The molecule has 0 heterocycles. The molecule has 0 unspecified atom stereocenters. The van der Waals surface area contributed by atoms with Gasteiger partial charge in [0.2, 0.25) is 0 Å². The van der Waals surface area contributed by atoms with Crippen molar-refractivity contribution in [2.24, 2.45) is 5.73 Å². The molecule has 0 aliphatic heterocycles. The minimum Gasteiger partial charge on any atom is -0.486 e. The molecular formula is C15H13BrFNOS. The first-order valence-electron chi connectivity index (χ1n) is 5.94. The van der Waals surface area contributed by atoms with E-state index in [-0.39, 0.29) is 5.75 Å². The third kappa shape index (κ3) is 3.55. The van der Waals surface area contributed by atoms with Crippen LogP contribution < -0.4 is 10.5 Å². The van der Waals surface area contributed by atoms with Gasteiger partial charge in [-0.3, -0.25) is 0 Å². The molecule has 0 fully saturated rings. The summed E-state index contributed by atoms with van der Waals surface area (Å²) >= 11 is 8.13. The molecule has 20 heavy (non-hydrogen) atoms. The van der Waals surface area contributed by atoms with Crippen LogP contribution in [0.5, 0.6) is 5.75 Å². The van der Waals surface area contributed by atoms with Gasteiger partial charge in [-0.05, 0) is 42.3 Å². The molecule has 2 aromatic carbocycles. The highest BCUT2D eigenvalue weighted by atomic mass is 79.9. The Bertz CT molecular complexity index is 660. The molecule has 2 N–H and O–H groups in total. The predicted octanol–water partition coefficient (Wildman–Crippen LogP) is 4.11. The largest absolute Gasteiger partial charge is 0.486 e. The van der Waals surface area contributed by atoms with E-state index < -0.39 is 5.82 Å². The average molecular weight is 354 g/mol. The lowest BCUT2D eigenvalue weighted by Crippen LogP contribution is -2.10. The number of hydrogen-bond acceptors (Lipinski definition) is 2. The highest BCUT2D eigenvalue weighted by Gasteiger charge is 2.06. The number of halogens is 2. The number of aryl methyl sites for hydroxylation is 1. The minimum atomic E-state index is -0.392. The van der Waals surface area contributed by atoms with E-state index in [4.69, 9.17) is 22.7 Å². The summed E-state index contributed by atoms with van der Waals surface area (Å²) in [6.07, 6.45) is 0. The molecular weight excluding hydrogens is 341 g/mol. The standard InChI is InChI=1S/C15H13BrFNOS/c1-9-6-10(15(18)20)2-3-11(9)8-19-14-5-4-12(16)7-13(14)17/h2-7H,8H2,1H3,(H2,18,20). The lowest BCUT2D eigenvalue weighted by atomic mass is 10.1. The Morgan fingerprint density at radius 3 is 2.65 bits per heavy atom. The maximum Gasteiger partial charge on any atom is 0.166 e. The molecule has 0 atom stereocenters. The molecule has 2 aromatic rings. The number of thiocarbonyl (C=S) groups is 1. The van der Waals surface area contributed by atoms with Gasteiger partial charge in [0, 0.05) is 10.0 Å². The SMILES string of the molecule is Cc1cc(C(N)=S)ccc1COc1ccc(Br)cc1F. The van der Waals surface area contributed by atoms with Crippen molar-refractivity contribution < 1.29 is 9.13 Å². The molecule has 0 radical (unpaired) electrons. The van der Waals surface area contributed by atoms with Gasteiger partial charge in [-0.15, -0.1) is 0 Å². The summed E-state index contributed by atoms with van der Waals surface area (Å²) in [7, 11) is 0. The van der Waals surface area contributed by atoms with Crippen LogP contribution in [0.15, 0.2) is 40.9 Å². The van der Waals surface area contributed by atoms with E-state index in [9.17, 15) is 4.39 Å². The Kier molecular flexibility index (Phi) is 4.73. The normalized spacial score (nSPS) is 10.3. The Balaban J connectivity index is 2.13. The monoisotopic (exact) mass is 353 g/mol. The number of ether oxygens (including phenoxy) is 1. The predicted molar refractivity (Wildman–Crippen MR) is 85.5 cm³/mol. The van der Waals surface area contributed by atoms with Gasteiger partial charge in [0.25, 0.3) is 0 Å². The summed E-state index contributed by atoms with van der Waals surface area (Å²) in [5.74, 6) is -0.164. The zero-order valence-electron chi connectivity index (χ0n) is 10.8. The van der Waals surface area contributed by atoms with Crippen molar-refractivity contribution in [1.29, 1.82) is 0 Å². The van der Waals surface area contributed by atoms with E-state index in [0.717, 1.165) is 16.7 Å². The number of rotatable bonds is 4. The second-order valence-corrected chi connectivity index (χ2v) is 5.72. The number of nitrogens with two attached hydrogens (primary N) is 1. The Hall–Kier alpha value is -1.46. The molecule has 2 rings (SSSR count). The molecule has 0 aliphatic carbocycles.